The lowest BCUT2D eigenvalue weighted by atomic mass is 9.85. The molecule has 4 nitrogen and oxygen atoms in total. The number of nitrogens with zero attached hydrogens (tertiary/aromatic N) is 3. The fourth-order valence-corrected chi connectivity index (χ4v) is 2.21. The molecule has 1 aromatic heterocycles. The first-order valence-electron chi connectivity index (χ1n) is 6.65. The van der Waals surface area contributed by atoms with Crippen molar-refractivity contribution in [3.63, 3.8) is 0 Å². The number of hydrogen-bond donors (Lipinski definition) is 1. The summed E-state index contributed by atoms with van der Waals surface area (Å²) in [5, 5.41) is 7.79. The molecule has 0 spiro atoms. The zero-order valence-corrected chi connectivity index (χ0v) is 12.7. The molecule has 1 aromatic rings. The van der Waals surface area contributed by atoms with Gasteiger partial charge in [0.25, 0.3) is 0 Å². The summed E-state index contributed by atoms with van der Waals surface area (Å²) in [6.07, 6.45) is 3.66. The summed E-state index contributed by atoms with van der Waals surface area (Å²) in [5.74, 6) is 1.68. The van der Waals surface area contributed by atoms with Gasteiger partial charge in [-0.25, -0.2) is 9.67 Å². The maximum Gasteiger partial charge on any atom is 0.140 e. The van der Waals surface area contributed by atoms with Crippen LogP contribution in [0.3, 0.4) is 0 Å². The SMILES string of the molecule is CCCn1ncnc1CNC(CCCl)C(C)(C)C. The summed E-state index contributed by atoms with van der Waals surface area (Å²) in [5.41, 5.74) is 0.199. The second-order valence-electron chi connectivity index (χ2n) is 5.68. The number of alkyl halides is 1. The highest BCUT2D eigenvalue weighted by atomic mass is 35.5. The quantitative estimate of drug-likeness (QED) is 0.776. The Morgan fingerprint density at radius 1 is 1.44 bits per heavy atom. The van der Waals surface area contributed by atoms with Crippen molar-refractivity contribution in [1.82, 2.24) is 20.1 Å². The average Bonchev–Trinajstić information content (AvgIpc) is 2.71. The van der Waals surface area contributed by atoms with Crippen LogP contribution in [0.5, 0.6) is 0 Å². The Labute approximate surface area is 115 Å². The Bertz CT molecular complexity index is 343. The molecule has 0 aliphatic carbocycles. The van der Waals surface area contributed by atoms with Gasteiger partial charge in [0, 0.05) is 18.5 Å². The molecule has 0 aliphatic heterocycles. The minimum atomic E-state index is 0.199. The van der Waals surface area contributed by atoms with E-state index in [0.717, 1.165) is 31.8 Å². The number of aromatic nitrogens is 3. The minimum Gasteiger partial charge on any atom is -0.306 e. The molecule has 104 valence electrons. The van der Waals surface area contributed by atoms with Crippen molar-refractivity contribution in [2.24, 2.45) is 5.41 Å². The van der Waals surface area contributed by atoms with Gasteiger partial charge in [0.15, 0.2) is 0 Å². The Morgan fingerprint density at radius 3 is 2.72 bits per heavy atom. The molecule has 0 bridgehead atoms. The van der Waals surface area contributed by atoms with Gasteiger partial charge in [-0.2, -0.15) is 5.10 Å². The zero-order chi connectivity index (χ0) is 13.6. The van der Waals surface area contributed by atoms with Crippen molar-refractivity contribution < 1.29 is 0 Å². The number of rotatable bonds is 7. The van der Waals surface area contributed by atoms with Crippen molar-refractivity contribution in [2.45, 2.75) is 59.7 Å². The van der Waals surface area contributed by atoms with E-state index >= 15 is 0 Å². The van der Waals surface area contributed by atoms with Gasteiger partial charge >= 0.3 is 0 Å². The molecule has 18 heavy (non-hydrogen) atoms. The van der Waals surface area contributed by atoms with Crippen LogP contribution in [-0.2, 0) is 13.1 Å². The topological polar surface area (TPSA) is 42.7 Å². The van der Waals surface area contributed by atoms with Crippen LogP contribution in [0, 0.1) is 5.41 Å². The largest absolute Gasteiger partial charge is 0.306 e. The zero-order valence-electron chi connectivity index (χ0n) is 11.9. The minimum absolute atomic E-state index is 0.199. The molecule has 0 aromatic carbocycles. The van der Waals surface area contributed by atoms with Gasteiger partial charge in [0.2, 0.25) is 0 Å². The lowest BCUT2D eigenvalue weighted by Gasteiger charge is -2.31. The Kier molecular flexibility index (Phi) is 6.09. The molecule has 5 heteroatoms. The summed E-state index contributed by atoms with van der Waals surface area (Å²) in [7, 11) is 0. The molecule has 0 aliphatic rings. The molecule has 0 amide bonds. The number of aryl methyl sites for hydroxylation is 1. The molecule has 1 heterocycles. The second-order valence-corrected chi connectivity index (χ2v) is 6.05. The Hall–Kier alpha value is -0.610. The van der Waals surface area contributed by atoms with Crippen LogP contribution >= 0.6 is 11.6 Å². The normalized spacial score (nSPS) is 13.8. The van der Waals surface area contributed by atoms with E-state index < -0.39 is 0 Å². The summed E-state index contributed by atoms with van der Waals surface area (Å²) >= 11 is 5.87. The first-order chi connectivity index (χ1) is 8.49. The van der Waals surface area contributed by atoms with Crippen molar-refractivity contribution in [2.75, 3.05) is 5.88 Å². The van der Waals surface area contributed by atoms with Gasteiger partial charge in [-0.1, -0.05) is 27.7 Å². The van der Waals surface area contributed by atoms with E-state index in [1.807, 2.05) is 4.68 Å². The standard InChI is InChI=1S/C13H25ClN4/c1-5-8-18-12(16-10-17-18)9-15-11(6-7-14)13(2,3)4/h10-11,15H,5-9H2,1-4H3. The van der Waals surface area contributed by atoms with E-state index in [4.69, 9.17) is 11.6 Å². The average molecular weight is 273 g/mol. The van der Waals surface area contributed by atoms with Crippen LogP contribution in [-0.4, -0.2) is 26.7 Å². The smallest absolute Gasteiger partial charge is 0.140 e. The van der Waals surface area contributed by atoms with Crippen LogP contribution < -0.4 is 5.32 Å². The maximum absolute atomic E-state index is 5.87. The van der Waals surface area contributed by atoms with Crippen molar-refractivity contribution in [1.29, 1.82) is 0 Å². The number of nitrogens with one attached hydrogen (secondary N) is 1. The summed E-state index contributed by atoms with van der Waals surface area (Å²) in [6.45, 7) is 10.5. The van der Waals surface area contributed by atoms with Gasteiger partial charge < -0.3 is 5.32 Å². The van der Waals surface area contributed by atoms with E-state index in [1.54, 1.807) is 6.33 Å². The monoisotopic (exact) mass is 272 g/mol. The van der Waals surface area contributed by atoms with E-state index in [9.17, 15) is 0 Å². The van der Waals surface area contributed by atoms with E-state index in [1.165, 1.54) is 0 Å². The fourth-order valence-electron chi connectivity index (χ4n) is 1.99. The highest BCUT2D eigenvalue weighted by Gasteiger charge is 2.23. The predicted molar refractivity (Wildman–Crippen MR) is 75.7 cm³/mol. The van der Waals surface area contributed by atoms with E-state index in [2.05, 4.69) is 43.1 Å². The number of hydrogen-bond acceptors (Lipinski definition) is 3. The van der Waals surface area contributed by atoms with E-state index in [-0.39, 0.29) is 5.41 Å². The highest BCUT2D eigenvalue weighted by Crippen LogP contribution is 2.22. The Morgan fingerprint density at radius 2 is 2.17 bits per heavy atom. The lowest BCUT2D eigenvalue weighted by molar-refractivity contribution is 0.257. The first-order valence-corrected chi connectivity index (χ1v) is 7.18. The van der Waals surface area contributed by atoms with Gasteiger partial charge in [0.05, 0.1) is 6.54 Å². The van der Waals surface area contributed by atoms with Crippen LogP contribution in [0.2, 0.25) is 0 Å². The molecule has 1 rings (SSSR count). The molecule has 1 N–H and O–H groups in total. The van der Waals surface area contributed by atoms with Crippen molar-refractivity contribution in [3.8, 4) is 0 Å². The molecular formula is C13H25ClN4. The van der Waals surface area contributed by atoms with Crippen LogP contribution in [0.25, 0.3) is 0 Å². The summed E-state index contributed by atoms with van der Waals surface area (Å²) < 4.78 is 1.97. The molecule has 0 radical (unpaired) electrons. The molecule has 1 atom stereocenters. The third-order valence-corrected chi connectivity index (χ3v) is 3.30. The third kappa shape index (κ3) is 4.58. The van der Waals surface area contributed by atoms with E-state index in [0.29, 0.717) is 11.9 Å². The second kappa shape index (κ2) is 7.10. The van der Waals surface area contributed by atoms with Gasteiger partial charge in [-0.05, 0) is 18.3 Å². The third-order valence-electron chi connectivity index (χ3n) is 3.08. The van der Waals surface area contributed by atoms with Crippen LogP contribution in [0.1, 0.15) is 46.4 Å². The van der Waals surface area contributed by atoms with Crippen LogP contribution in [0.4, 0.5) is 0 Å². The molecule has 1 unspecified atom stereocenters. The van der Waals surface area contributed by atoms with Crippen molar-refractivity contribution in [3.05, 3.63) is 12.2 Å². The van der Waals surface area contributed by atoms with Gasteiger partial charge in [-0.15, -0.1) is 11.6 Å². The number of halogens is 1. The summed E-state index contributed by atoms with van der Waals surface area (Å²) in [4.78, 5) is 4.31. The van der Waals surface area contributed by atoms with Gasteiger partial charge in [0.1, 0.15) is 12.2 Å². The molecule has 0 saturated carbocycles. The lowest BCUT2D eigenvalue weighted by Crippen LogP contribution is -2.40. The predicted octanol–water partition coefficient (Wildman–Crippen LogP) is 2.82. The first kappa shape index (κ1) is 15.4. The highest BCUT2D eigenvalue weighted by molar-refractivity contribution is 6.17. The van der Waals surface area contributed by atoms with Gasteiger partial charge in [-0.3, -0.25) is 0 Å². The molecular weight excluding hydrogens is 248 g/mol. The van der Waals surface area contributed by atoms with Crippen molar-refractivity contribution >= 4 is 11.6 Å². The molecule has 0 saturated heterocycles. The Balaban J connectivity index is 2.58. The fraction of sp³-hybridized carbons (Fsp3) is 0.846. The summed E-state index contributed by atoms with van der Waals surface area (Å²) in [6, 6.07) is 0.391. The molecule has 0 fully saturated rings. The van der Waals surface area contributed by atoms with Crippen LogP contribution in [0.15, 0.2) is 6.33 Å². The maximum atomic E-state index is 5.87.